The van der Waals surface area contributed by atoms with Gasteiger partial charge in [-0.15, -0.1) is 0 Å². The van der Waals surface area contributed by atoms with Crippen molar-refractivity contribution in [3.63, 3.8) is 0 Å². The van der Waals surface area contributed by atoms with E-state index in [-0.39, 0.29) is 30.1 Å². The molecule has 0 saturated heterocycles. The van der Waals surface area contributed by atoms with Gasteiger partial charge in [-0.1, -0.05) is 17.7 Å². The number of nitrogens with zero attached hydrogens (tertiary/aromatic N) is 1. The Kier molecular flexibility index (Phi) is 6.12. The molecule has 2 heterocycles. The molecule has 0 aliphatic carbocycles. The molecule has 4 rings (SSSR count). The van der Waals surface area contributed by atoms with E-state index in [1.807, 2.05) is 32.9 Å². The number of aryl methyl sites for hydroxylation is 1. The molecule has 3 aromatic rings. The number of fused-ring (bicyclic) bond motifs is 3. The molecule has 1 atom stereocenters. The third-order valence-electron chi connectivity index (χ3n) is 5.56. The maximum atomic E-state index is 13.1. The van der Waals surface area contributed by atoms with Crippen molar-refractivity contribution in [1.29, 1.82) is 0 Å². The fourth-order valence-electron chi connectivity index (χ4n) is 4.23. The number of benzene rings is 2. The van der Waals surface area contributed by atoms with Crippen molar-refractivity contribution in [2.45, 2.75) is 64.5 Å². The van der Waals surface area contributed by atoms with Gasteiger partial charge in [0.1, 0.15) is 18.0 Å². The van der Waals surface area contributed by atoms with Gasteiger partial charge in [-0.25, -0.2) is 0 Å². The Labute approximate surface area is 195 Å². The summed E-state index contributed by atoms with van der Waals surface area (Å²) in [5.41, 5.74) is 1.03. The van der Waals surface area contributed by atoms with E-state index in [4.69, 9.17) is 21.1 Å². The largest absolute Gasteiger partial charge is 0.489 e. The molecular formula is C25H25ClF3NO3. The van der Waals surface area contributed by atoms with Crippen LogP contribution in [0.15, 0.2) is 42.5 Å². The average Bonchev–Trinajstić information content (AvgIpc) is 3.24. The van der Waals surface area contributed by atoms with Crippen LogP contribution in [-0.2, 0) is 28.7 Å². The van der Waals surface area contributed by atoms with Gasteiger partial charge in [-0.05, 0) is 69.5 Å². The van der Waals surface area contributed by atoms with Crippen molar-refractivity contribution in [2.75, 3.05) is 0 Å². The maximum Gasteiger partial charge on any atom is 0.417 e. The number of rotatable bonds is 5. The van der Waals surface area contributed by atoms with Crippen LogP contribution in [0.4, 0.5) is 13.2 Å². The van der Waals surface area contributed by atoms with Crippen LogP contribution in [0.5, 0.6) is 5.75 Å². The lowest BCUT2D eigenvalue weighted by atomic mass is 10.1. The molecule has 1 aromatic heterocycles. The lowest BCUT2D eigenvalue weighted by Crippen LogP contribution is -2.25. The Morgan fingerprint density at radius 2 is 1.88 bits per heavy atom. The van der Waals surface area contributed by atoms with Gasteiger partial charge < -0.3 is 14.0 Å². The zero-order chi connectivity index (χ0) is 24.0. The van der Waals surface area contributed by atoms with Gasteiger partial charge in [-0.3, -0.25) is 4.79 Å². The van der Waals surface area contributed by atoms with Crippen LogP contribution in [-0.4, -0.2) is 16.1 Å². The van der Waals surface area contributed by atoms with Crippen LogP contribution in [0.3, 0.4) is 0 Å². The number of carbonyl (C=O) groups is 1. The van der Waals surface area contributed by atoms with Gasteiger partial charge in [0.2, 0.25) is 0 Å². The lowest BCUT2D eigenvalue weighted by Gasteiger charge is -2.22. The Hall–Kier alpha value is -2.67. The van der Waals surface area contributed by atoms with E-state index < -0.39 is 17.3 Å². The summed E-state index contributed by atoms with van der Waals surface area (Å²) in [6, 6.07) is 11.4. The second-order valence-corrected chi connectivity index (χ2v) is 9.72. The highest BCUT2D eigenvalue weighted by atomic mass is 35.5. The van der Waals surface area contributed by atoms with Gasteiger partial charge in [0.05, 0.1) is 22.5 Å². The Bertz CT molecular complexity index is 1190. The van der Waals surface area contributed by atoms with Gasteiger partial charge in [-0.2, -0.15) is 13.2 Å². The monoisotopic (exact) mass is 479 g/mol. The molecule has 0 bridgehead atoms. The van der Waals surface area contributed by atoms with E-state index in [1.54, 1.807) is 6.07 Å². The van der Waals surface area contributed by atoms with E-state index in [2.05, 4.69) is 10.6 Å². The Morgan fingerprint density at radius 3 is 2.58 bits per heavy atom. The molecule has 0 saturated carbocycles. The summed E-state index contributed by atoms with van der Waals surface area (Å²) in [6.07, 6.45) is -2.53. The van der Waals surface area contributed by atoms with Gasteiger partial charge >= 0.3 is 12.1 Å². The number of halogens is 4. The molecule has 2 aromatic carbocycles. The zero-order valence-electron chi connectivity index (χ0n) is 18.6. The first kappa shape index (κ1) is 23.5. The number of esters is 1. The summed E-state index contributed by atoms with van der Waals surface area (Å²) in [7, 11) is 0. The van der Waals surface area contributed by atoms with E-state index in [0.717, 1.165) is 35.5 Å². The van der Waals surface area contributed by atoms with E-state index >= 15 is 0 Å². The minimum Gasteiger partial charge on any atom is -0.489 e. The molecule has 1 aliphatic heterocycles. The molecular weight excluding hydrogens is 455 g/mol. The average molecular weight is 480 g/mol. The molecule has 176 valence electrons. The standard InChI is InChI=1S/C25H25ClF3NO3/c1-24(2,3)33-23(31)12-18-7-6-17-11-16-5-8-19(13-22(16)30(17)18)32-14-15-4-9-21(26)20(10-15)25(27,28)29/h4-5,8-11,13,18H,6-7,12,14H2,1-3H3. The first-order valence-corrected chi connectivity index (χ1v) is 11.1. The quantitative estimate of drug-likeness (QED) is 0.366. The number of hydrogen-bond acceptors (Lipinski definition) is 3. The maximum absolute atomic E-state index is 13.1. The van der Waals surface area contributed by atoms with Crippen molar-refractivity contribution in [3.8, 4) is 5.75 Å². The molecule has 8 heteroatoms. The fourth-order valence-corrected chi connectivity index (χ4v) is 4.45. The predicted octanol–water partition coefficient (Wildman–Crippen LogP) is 7.11. The molecule has 0 amide bonds. The minimum atomic E-state index is -4.53. The summed E-state index contributed by atoms with van der Waals surface area (Å²) < 4.78 is 52.8. The van der Waals surface area contributed by atoms with Crippen LogP contribution in [0.1, 0.15) is 56.5 Å². The number of hydrogen-bond donors (Lipinski definition) is 0. The molecule has 1 unspecified atom stereocenters. The summed E-state index contributed by atoms with van der Waals surface area (Å²) in [4.78, 5) is 12.4. The van der Waals surface area contributed by atoms with Crippen LogP contribution < -0.4 is 4.74 Å². The minimum absolute atomic E-state index is 0.00629. The summed E-state index contributed by atoms with van der Waals surface area (Å²) >= 11 is 5.69. The molecule has 0 N–H and O–H groups in total. The molecule has 4 nitrogen and oxygen atoms in total. The zero-order valence-corrected chi connectivity index (χ0v) is 19.4. The van der Waals surface area contributed by atoms with E-state index in [1.165, 1.54) is 12.1 Å². The summed E-state index contributed by atoms with van der Waals surface area (Å²) in [5, 5.41) is 0.685. The Balaban J connectivity index is 1.53. The van der Waals surface area contributed by atoms with E-state index in [0.29, 0.717) is 11.3 Å². The molecule has 33 heavy (non-hydrogen) atoms. The number of alkyl halides is 3. The van der Waals surface area contributed by atoms with Gasteiger partial charge in [0.15, 0.2) is 0 Å². The fraction of sp³-hybridized carbons (Fsp3) is 0.400. The molecule has 0 fully saturated rings. The second kappa shape index (κ2) is 8.60. The lowest BCUT2D eigenvalue weighted by molar-refractivity contribution is -0.155. The van der Waals surface area contributed by atoms with Gasteiger partial charge in [0.25, 0.3) is 0 Å². The number of carbonyl (C=O) groups excluding carboxylic acids is 1. The van der Waals surface area contributed by atoms with Crippen molar-refractivity contribution in [3.05, 3.63) is 64.3 Å². The van der Waals surface area contributed by atoms with Crippen molar-refractivity contribution < 1.29 is 27.4 Å². The highest BCUT2D eigenvalue weighted by molar-refractivity contribution is 6.31. The van der Waals surface area contributed by atoms with Crippen LogP contribution in [0.25, 0.3) is 10.9 Å². The first-order chi connectivity index (χ1) is 15.4. The van der Waals surface area contributed by atoms with Crippen molar-refractivity contribution >= 4 is 28.5 Å². The highest BCUT2D eigenvalue weighted by Crippen LogP contribution is 2.38. The predicted molar refractivity (Wildman–Crippen MR) is 121 cm³/mol. The molecule has 1 aliphatic rings. The third-order valence-corrected chi connectivity index (χ3v) is 5.89. The molecule has 0 spiro atoms. The highest BCUT2D eigenvalue weighted by Gasteiger charge is 2.33. The topological polar surface area (TPSA) is 40.5 Å². The summed E-state index contributed by atoms with van der Waals surface area (Å²) in [5.74, 6) is 0.299. The third kappa shape index (κ3) is 5.29. The summed E-state index contributed by atoms with van der Waals surface area (Å²) in [6.45, 7) is 5.51. The number of aromatic nitrogens is 1. The van der Waals surface area contributed by atoms with Crippen LogP contribution >= 0.6 is 11.6 Å². The van der Waals surface area contributed by atoms with Crippen molar-refractivity contribution in [1.82, 2.24) is 4.57 Å². The normalized spacial score (nSPS) is 16.2. The number of ether oxygens (including phenoxy) is 2. The van der Waals surface area contributed by atoms with Crippen molar-refractivity contribution in [2.24, 2.45) is 0 Å². The molecule has 0 radical (unpaired) electrons. The van der Waals surface area contributed by atoms with Crippen LogP contribution in [0.2, 0.25) is 5.02 Å². The van der Waals surface area contributed by atoms with E-state index in [9.17, 15) is 18.0 Å². The first-order valence-electron chi connectivity index (χ1n) is 10.7. The SMILES string of the molecule is CC(C)(C)OC(=O)CC1CCc2cc3ccc(OCc4ccc(Cl)c(C(F)(F)F)c4)cc3n21. The smallest absolute Gasteiger partial charge is 0.417 e. The second-order valence-electron chi connectivity index (χ2n) is 9.31. The van der Waals surface area contributed by atoms with Gasteiger partial charge in [0, 0.05) is 23.2 Å². The van der Waals surface area contributed by atoms with Crippen LogP contribution in [0, 0.1) is 0 Å². The Morgan fingerprint density at radius 1 is 1.12 bits per heavy atom.